The van der Waals surface area contributed by atoms with Gasteiger partial charge in [-0.2, -0.15) is 0 Å². The normalized spacial score (nSPS) is 23.1. The summed E-state index contributed by atoms with van der Waals surface area (Å²) in [6, 6.07) is 5.81. The van der Waals surface area contributed by atoms with Crippen LogP contribution in [0.15, 0.2) is 41.9 Å². The maximum Gasteiger partial charge on any atom is 0.283 e. The zero-order chi connectivity index (χ0) is 15.2. The zero-order valence-corrected chi connectivity index (χ0v) is 11.8. The molecule has 6 heteroatoms. The first-order valence-electron chi connectivity index (χ1n) is 7.10. The summed E-state index contributed by atoms with van der Waals surface area (Å²) in [5, 5.41) is 0. The molecule has 22 heavy (non-hydrogen) atoms. The topological polar surface area (TPSA) is 90.5 Å². The van der Waals surface area contributed by atoms with E-state index in [-0.39, 0.29) is 18.4 Å². The number of rotatable bonds is 1. The molecule has 0 fully saturated rings. The fourth-order valence-electron chi connectivity index (χ4n) is 3.19. The van der Waals surface area contributed by atoms with Gasteiger partial charge in [-0.3, -0.25) is 4.79 Å². The second-order valence-electron chi connectivity index (χ2n) is 5.56. The second-order valence-corrected chi connectivity index (χ2v) is 5.56. The number of Topliss-reactive ketones (excluding diaryl/α,β-unsaturated/α-hetero) is 1. The number of ether oxygens (including phenoxy) is 1. The average molecular weight is 294 g/mol. The number of aliphatic imine (C=N–C) groups is 1. The lowest BCUT2D eigenvalue weighted by atomic mass is 9.76. The number of aromatic nitrogens is 2. The Labute approximate surface area is 127 Å². The minimum absolute atomic E-state index is 0.0205. The third-order valence-corrected chi connectivity index (χ3v) is 4.29. The van der Waals surface area contributed by atoms with Gasteiger partial charge in [0.15, 0.2) is 11.3 Å². The Bertz CT molecular complexity index is 788. The number of nitrogens with zero attached hydrogens (tertiary/aromatic N) is 3. The van der Waals surface area contributed by atoms with Crippen molar-refractivity contribution in [2.24, 2.45) is 10.7 Å². The maximum atomic E-state index is 12.9. The summed E-state index contributed by atoms with van der Waals surface area (Å²) in [5.74, 6) is -0.0205. The van der Waals surface area contributed by atoms with Crippen molar-refractivity contribution >= 4 is 11.8 Å². The van der Waals surface area contributed by atoms with Gasteiger partial charge >= 0.3 is 0 Å². The molecule has 0 radical (unpaired) electrons. The molecule has 2 aliphatic rings. The molecular formula is C16H14N4O2. The van der Waals surface area contributed by atoms with E-state index in [0.29, 0.717) is 12.0 Å². The van der Waals surface area contributed by atoms with Crippen molar-refractivity contribution in [2.75, 3.05) is 6.61 Å². The van der Waals surface area contributed by atoms with Crippen LogP contribution in [0.4, 0.5) is 0 Å². The lowest BCUT2D eigenvalue weighted by Crippen LogP contribution is -2.42. The molecular weight excluding hydrogens is 280 g/mol. The van der Waals surface area contributed by atoms with Crippen LogP contribution in [0.1, 0.15) is 22.3 Å². The minimum Gasteiger partial charge on any atom is -0.462 e. The quantitative estimate of drug-likeness (QED) is 0.857. The highest BCUT2D eigenvalue weighted by Crippen LogP contribution is 2.38. The Kier molecular flexibility index (Phi) is 2.72. The lowest BCUT2D eigenvalue weighted by Gasteiger charge is -2.29. The van der Waals surface area contributed by atoms with Crippen molar-refractivity contribution in [3.8, 4) is 11.1 Å². The summed E-state index contributed by atoms with van der Waals surface area (Å²) in [6.07, 6.45) is 6.35. The van der Waals surface area contributed by atoms with E-state index in [2.05, 4.69) is 15.0 Å². The Morgan fingerprint density at radius 3 is 2.68 bits per heavy atom. The van der Waals surface area contributed by atoms with E-state index >= 15 is 0 Å². The third kappa shape index (κ3) is 1.80. The molecule has 1 unspecified atom stereocenters. The standard InChI is InChI=1S/C16H14N4O2/c17-15-20-16(8-22-15)5-4-12-11(10-6-18-9-19-7-10)2-1-3-13(12)14(16)21/h1-3,6-7,9H,4-5,8H2,(H2,17,20). The van der Waals surface area contributed by atoms with Crippen LogP contribution < -0.4 is 5.73 Å². The highest BCUT2D eigenvalue weighted by atomic mass is 16.5. The minimum atomic E-state index is -0.844. The van der Waals surface area contributed by atoms with E-state index in [1.807, 2.05) is 18.2 Å². The van der Waals surface area contributed by atoms with Crippen molar-refractivity contribution in [3.05, 3.63) is 48.0 Å². The van der Waals surface area contributed by atoms with E-state index < -0.39 is 5.54 Å². The van der Waals surface area contributed by atoms with Crippen LogP contribution in [-0.4, -0.2) is 33.9 Å². The van der Waals surface area contributed by atoms with Crippen molar-refractivity contribution < 1.29 is 9.53 Å². The first kappa shape index (κ1) is 12.9. The van der Waals surface area contributed by atoms with E-state index in [4.69, 9.17) is 10.5 Å². The van der Waals surface area contributed by atoms with E-state index in [9.17, 15) is 4.79 Å². The monoisotopic (exact) mass is 294 g/mol. The van der Waals surface area contributed by atoms with Gasteiger partial charge in [0.2, 0.25) is 0 Å². The molecule has 2 N–H and O–H groups in total. The van der Waals surface area contributed by atoms with Crippen LogP contribution in [0.5, 0.6) is 0 Å². The van der Waals surface area contributed by atoms with E-state index in [0.717, 1.165) is 23.1 Å². The first-order valence-corrected chi connectivity index (χ1v) is 7.10. The molecule has 2 aromatic rings. The number of nitrogens with two attached hydrogens (primary N) is 1. The average Bonchev–Trinajstić information content (AvgIpc) is 2.94. The van der Waals surface area contributed by atoms with Crippen LogP contribution in [0.25, 0.3) is 11.1 Å². The number of ketones is 1. The number of benzene rings is 1. The summed E-state index contributed by atoms with van der Waals surface area (Å²) in [5.41, 5.74) is 8.38. The number of fused-ring (bicyclic) bond motifs is 1. The summed E-state index contributed by atoms with van der Waals surface area (Å²) in [6.45, 7) is 0.232. The third-order valence-electron chi connectivity index (χ3n) is 4.29. The maximum absolute atomic E-state index is 12.9. The Balaban J connectivity index is 1.83. The van der Waals surface area contributed by atoms with Gasteiger partial charge in [0, 0.05) is 23.5 Å². The van der Waals surface area contributed by atoms with Gasteiger partial charge in [-0.15, -0.1) is 0 Å². The largest absolute Gasteiger partial charge is 0.462 e. The fourth-order valence-corrected chi connectivity index (χ4v) is 3.19. The summed E-state index contributed by atoms with van der Waals surface area (Å²) >= 11 is 0. The molecule has 2 heterocycles. The molecule has 1 aromatic heterocycles. The van der Waals surface area contributed by atoms with Crippen LogP contribution in [0.2, 0.25) is 0 Å². The van der Waals surface area contributed by atoms with Gasteiger partial charge in [0.05, 0.1) is 0 Å². The number of carbonyl (C=O) groups excluding carboxylic acids is 1. The molecule has 0 saturated carbocycles. The highest BCUT2D eigenvalue weighted by molar-refractivity contribution is 6.08. The predicted molar refractivity (Wildman–Crippen MR) is 80.4 cm³/mol. The van der Waals surface area contributed by atoms with Crippen molar-refractivity contribution in [1.29, 1.82) is 0 Å². The van der Waals surface area contributed by atoms with Crippen molar-refractivity contribution in [3.63, 3.8) is 0 Å². The summed E-state index contributed by atoms with van der Waals surface area (Å²) in [4.78, 5) is 25.3. The van der Waals surface area contributed by atoms with Gasteiger partial charge in [0.1, 0.15) is 12.9 Å². The van der Waals surface area contributed by atoms with Gasteiger partial charge < -0.3 is 10.5 Å². The fraction of sp³-hybridized carbons (Fsp3) is 0.250. The molecule has 0 saturated heterocycles. The van der Waals surface area contributed by atoms with Crippen molar-refractivity contribution in [2.45, 2.75) is 18.4 Å². The molecule has 110 valence electrons. The summed E-state index contributed by atoms with van der Waals surface area (Å²) < 4.78 is 5.23. The molecule has 0 amide bonds. The van der Waals surface area contributed by atoms with Crippen LogP contribution >= 0.6 is 0 Å². The van der Waals surface area contributed by atoms with E-state index in [1.54, 1.807) is 12.4 Å². The summed E-state index contributed by atoms with van der Waals surface area (Å²) in [7, 11) is 0. The van der Waals surface area contributed by atoms with Gasteiger partial charge in [0.25, 0.3) is 6.02 Å². The SMILES string of the molecule is NC1=NC2(CCc3c(cccc3-c3cncnc3)C2=O)CO1. The molecule has 1 spiro atoms. The van der Waals surface area contributed by atoms with Gasteiger partial charge in [-0.05, 0) is 24.0 Å². The number of hydrogen-bond acceptors (Lipinski definition) is 6. The van der Waals surface area contributed by atoms with E-state index in [1.165, 1.54) is 6.33 Å². The number of carbonyl (C=O) groups is 1. The first-order chi connectivity index (χ1) is 10.7. The Morgan fingerprint density at radius 2 is 1.95 bits per heavy atom. The number of hydrogen-bond donors (Lipinski definition) is 1. The molecule has 1 aromatic carbocycles. The molecule has 1 aliphatic heterocycles. The molecule has 0 bridgehead atoms. The highest BCUT2D eigenvalue weighted by Gasteiger charge is 2.47. The number of amidine groups is 1. The van der Waals surface area contributed by atoms with Crippen LogP contribution in [0.3, 0.4) is 0 Å². The molecule has 6 nitrogen and oxygen atoms in total. The Hall–Kier alpha value is -2.76. The molecule has 1 aliphatic carbocycles. The second kappa shape index (κ2) is 4.62. The Morgan fingerprint density at radius 1 is 1.18 bits per heavy atom. The van der Waals surface area contributed by atoms with Crippen LogP contribution in [0, 0.1) is 0 Å². The predicted octanol–water partition coefficient (Wildman–Crippen LogP) is 1.36. The lowest BCUT2D eigenvalue weighted by molar-refractivity contribution is 0.0835. The van der Waals surface area contributed by atoms with Crippen molar-refractivity contribution in [1.82, 2.24) is 9.97 Å². The van der Waals surface area contributed by atoms with Crippen LogP contribution in [-0.2, 0) is 11.2 Å². The van der Waals surface area contributed by atoms with Gasteiger partial charge in [-0.25, -0.2) is 15.0 Å². The molecule has 4 rings (SSSR count). The smallest absolute Gasteiger partial charge is 0.283 e. The van der Waals surface area contributed by atoms with Gasteiger partial charge in [-0.1, -0.05) is 18.2 Å². The zero-order valence-electron chi connectivity index (χ0n) is 11.8. The molecule has 1 atom stereocenters.